The van der Waals surface area contributed by atoms with Crippen LogP contribution >= 0.6 is 0 Å². The monoisotopic (exact) mass is 618 g/mol. The molecule has 4 aromatic heterocycles. The van der Waals surface area contributed by atoms with Gasteiger partial charge < -0.3 is 35.1 Å². The first-order valence-electron chi connectivity index (χ1n) is 15.4. The number of hydrogen-bond acceptors (Lipinski definition) is 12. The number of ether oxygens (including phenoxy) is 3. The Labute approximate surface area is 262 Å². The average Bonchev–Trinajstić information content (AvgIpc) is 3.50. The molecule has 0 aromatic carbocycles. The third-order valence-corrected chi connectivity index (χ3v) is 7.55. The summed E-state index contributed by atoms with van der Waals surface area (Å²) >= 11 is 0. The number of rotatable bonds is 17. The number of likely N-dealkylation sites (N-methyl/N-ethyl adjacent to an activating group) is 1. The van der Waals surface area contributed by atoms with Gasteiger partial charge in [0.25, 0.3) is 5.91 Å². The minimum absolute atomic E-state index is 0.273. The average molecular weight is 619 g/mol. The van der Waals surface area contributed by atoms with Crippen molar-refractivity contribution in [2.75, 3.05) is 74.8 Å². The highest BCUT2D eigenvalue weighted by atomic mass is 16.5. The molecule has 5 heterocycles. The van der Waals surface area contributed by atoms with Gasteiger partial charge in [-0.15, -0.1) is 0 Å². The molecular formula is C31H42N10O4. The van der Waals surface area contributed by atoms with Crippen LogP contribution in [0.3, 0.4) is 0 Å². The molecule has 14 heteroatoms. The Hall–Kier alpha value is -4.56. The number of amides is 1. The molecule has 0 unspecified atom stereocenters. The SMILES string of the molecule is CCc1cnn2c(NCc3ccc(OCCOCCOCCN(C)c4ncc(C(N)=O)cn4)nc3)cc(N3CCCCC3)nc12. The molecule has 1 aliphatic heterocycles. The number of nitrogens with two attached hydrogens (primary N) is 1. The zero-order chi connectivity index (χ0) is 31.4. The number of nitrogens with one attached hydrogen (secondary N) is 1. The fourth-order valence-electron chi connectivity index (χ4n) is 4.92. The fraction of sp³-hybridized carbons (Fsp3) is 0.484. The highest BCUT2D eigenvalue weighted by Gasteiger charge is 2.17. The molecule has 1 amide bonds. The van der Waals surface area contributed by atoms with E-state index in [1.807, 2.05) is 41.0 Å². The Bertz CT molecular complexity index is 1510. The van der Waals surface area contributed by atoms with Crippen LogP contribution in [0.4, 0.5) is 17.6 Å². The van der Waals surface area contributed by atoms with Crippen molar-refractivity contribution in [3.63, 3.8) is 0 Å². The minimum Gasteiger partial charge on any atom is -0.475 e. The van der Waals surface area contributed by atoms with Crippen LogP contribution in [0.2, 0.25) is 0 Å². The lowest BCUT2D eigenvalue weighted by Gasteiger charge is -2.28. The molecule has 4 aromatic rings. The van der Waals surface area contributed by atoms with Crippen molar-refractivity contribution < 1.29 is 19.0 Å². The molecule has 0 atom stereocenters. The van der Waals surface area contributed by atoms with Crippen molar-refractivity contribution in [3.8, 4) is 5.88 Å². The van der Waals surface area contributed by atoms with E-state index in [-0.39, 0.29) is 5.56 Å². The van der Waals surface area contributed by atoms with E-state index in [1.54, 1.807) is 0 Å². The molecule has 3 N–H and O–H groups in total. The maximum absolute atomic E-state index is 11.1. The van der Waals surface area contributed by atoms with Gasteiger partial charge >= 0.3 is 0 Å². The molecule has 0 aliphatic carbocycles. The summed E-state index contributed by atoms with van der Waals surface area (Å²) in [6, 6.07) is 5.97. The maximum atomic E-state index is 11.1. The smallest absolute Gasteiger partial charge is 0.251 e. The lowest BCUT2D eigenvalue weighted by atomic mass is 10.1. The fourth-order valence-corrected chi connectivity index (χ4v) is 4.92. The van der Waals surface area contributed by atoms with Gasteiger partial charge in [0.15, 0.2) is 5.65 Å². The van der Waals surface area contributed by atoms with E-state index < -0.39 is 5.91 Å². The number of hydrogen-bond donors (Lipinski definition) is 2. The van der Waals surface area contributed by atoms with Gasteiger partial charge in [0.1, 0.15) is 18.2 Å². The number of pyridine rings is 1. The number of carbonyl (C=O) groups is 1. The Morgan fingerprint density at radius 1 is 0.978 bits per heavy atom. The Kier molecular flexibility index (Phi) is 11.3. The molecule has 45 heavy (non-hydrogen) atoms. The van der Waals surface area contributed by atoms with Crippen molar-refractivity contribution in [3.05, 3.63) is 59.7 Å². The summed E-state index contributed by atoms with van der Waals surface area (Å²) in [7, 11) is 1.85. The van der Waals surface area contributed by atoms with E-state index in [0.717, 1.165) is 47.9 Å². The van der Waals surface area contributed by atoms with E-state index in [9.17, 15) is 4.79 Å². The van der Waals surface area contributed by atoms with Crippen molar-refractivity contribution in [1.29, 1.82) is 0 Å². The summed E-state index contributed by atoms with van der Waals surface area (Å²) in [6.07, 6.45) is 11.1. The molecular weight excluding hydrogens is 576 g/mol. The first-order chi connectivity index (χ1) is 22.0. The van der Waals surface area contributed by atoms with Crippen LogP contribution in [-0.2, 0) is 22.4 Å². The van der Waals surface area contributed by atoms with Crippen LogP contribution in [0.25, 0.3) is 5.65 Å². The zero-order valence-corrected chi connectivity index (χ0v) is 26.0. The normalized spacial score (nSPS) is 13.2. The highest BCUT2D eigenvalue weighted by molar-refractivity contribution is 5.92. The highest BCUT2D eigenvalue weighted by Crippen LogP contribution is 2.25. The second-order valence-electron chi connectivity index (χ2n) is 10.8. The number of nitrogens with zero attached hydrogens (tertiary/aromatic N) is 8. The first kappa shape index (κ1) is 31.9. The van der Waals surface area contributed by atoms with Crippen LogP contribution < -0.4 is 25.6 Å². The minimum atomic E-state index is -0.555. The molecule has 1 aliphatic rings. The second kappa shape index (κ2) is 16.0. The molecule has 0 radical (unpaired) electrons. The Balaban J connectivity index is 0.990. The number of aromatic nitrogens is 6. The maximum Gasteiger partial charge on any atom is 0.251 e. The predicted molar refractivity (Wildman–Crippen MR) is 171 cm³/mol. The third kappa shape index (κ3) is 8.76. The van der Waals surface area contributed by atoms with Gasteiger partial charge in [-0.1, -0.05) is 13.0 Å². The molecule has 240 valence electrons. The van der Waals surface area contributed by atoms with Crippen molar-refractivity contribution in [1.82, 2.24) is 29.5 Å². The van der Waals surface area contributed by atoms with E-state index in [2.05, 4.69) is 43.3 Å². The van der Waals surface area contributed by atoms with E-state index >= 15 is 0 Å². The number of carbonyl (C=O) groups excluding carboxylic acids is 1. The lowest BCUT2D eigenvalue weighted by molar-refractivity contribution is 0.0380. The first-order valence-corrected chi connectivity index (χ1v) is 15.4. The van der Waals surface area contributed by atoms with Crippen LogP contribution in [0.5, 0.6) is 5.88 Å². The molecule has 1 saturated heterocycles. The second-order valence-corrected chi connectivity index (χ2v) is 10.8. The van der Waals surface area contributed by atoms with E-state index in [4.69, 9.17) is 24.9 Å². The van der Waals surface area contributed by atoms with Crippen molar-refractivity contribution in [2.45, 2.75) is 39.2 Å². The number of piperidine rings is 1. The van der Waals surface area contributed by atoms with Gasteiger partial charge in [0.2, 0.25) is 11.8 Å². The van der Waals surface area contributed by atoms with Gasteiger partial charge in [-0.05, 0) is 31.2 Å². The predicted octanol–water partition coefficient (Wildman–Crippen LogP) is 2.73. The largest absolute Gasteiger partial charge is 0.475 e. The number of fused-ring (bicyclic) bond motifs is 1. The Morgan fingerprint density at radius 2 is 1.73 bits per heavy atom. The standard InChI is InChI=1S/C31H42N10O4/c1-3-24-22-37-41-26(17-27(38-30(24)41)40-9-5-4-6-10-40)33-18-23-7-8-28(34-19-23)45-16-15-44-14-13-43-12-11-39(2)31-35-20-25(21-36-31)29(32)42/h7-8,17,19-22,33H,3-6,9-16,18H2,1-2H3,(H2,32,42). The van der Waals surface area contributed by atoms with E-state index in [0.29, 0.717) is 58.0 Å². The van der Waals surface area contributed by atoms with Crippen LogP contribution in [-0.4, -0.2) is 95.2 Å². The van der Waals surface area contributed by atoms with Crippen LogP contribution in [0.15, 0.2) is 43.0 Å². The van der Waals surface area contributed by atoms with Gasteiger partial charge in [-0.2, -0.15) is 9.61 Å². The van der Waals surface area contributed by atoms with Gasteiger partial charge in [-0.3, -0.25) is 4.79 Å². The molecule has 5 rings (SSSR count). The van der Waals surface area contributed by atoms with Gasteiger partial charge in [0.05, 0.1) is 38.2 Å². The summed E-state index contributed by atoms with van der Waals surface area (Å²) in [5.74, 6) is 2.40. The van der Waals surface area contributed by atoms with Crippen molar-refractivity contribution in [2.24, 2.45) is 5.73 Å². The third-order valence-electron chi connectivity index (χ3n) is 7.55. The summed E-state index contributed by atoms with van der Waals surface area (Å²) in [5.41, 5.74) is 8.57. The molecule has 0 spiro atoms. The summed E-state index contributed by atoms with van der Waals surface area (Å²) < 4.78 is 18.9. The molecule has 14 nitrogen and oxygen atoms in total. The number of primary amides is 1. The topological polar surface area (TPSA) is 158 Å². The van der Waals surface area contributed by atoms with Crippen LogP contribution in [0.1, 0.15) is 47.7 Å². The Morgan fingerprint density at radius 3 is 2.44 bits per heavy atom. The molecule has 1 fully saturated rings. The summed E-state index contributed by atoms with van der Waals surface area (Å²) in [5, 5.41) is 8.13. The van der Waals surface area contributed by atoms with Gasteiger partial charge in [-0.25, -0.2) is 19.9 Å². The summed E-state index contributed by atoms with van der Waals surface area (Å²) in [6.45, 7) is 7.59. The summed E-state index contributed by atoms with van der Waals surface area (Å²) in [4.78, 5) is 33.0. The quantitative estimate of drug-likeness (QED) is 0.167. The molecule has 0 bridgehead atoms. The van der Waals surface area contributed by atoms with E-state index in [1.165, 1.54) is 31.7 Å². The number of aryl methyl sites for hydroxylation is 1. The van der Waals surface area contributed by atoms with Crippen molar-refractivity contribution >= 4 is 29.1 Å². The number of anilines is 3. The van der Waals surface area contributed by atoms with Gasteiger partial charge in [0, 0.05) is 69.5 Å². The van der Waals surface area contributed by atoms with Crippen LogP contribution in [0, 0.1) is 0 Å². The zero-order valence-electron chi connectivity index (χ0n) is 26.0. The lowest BCUT2D eigenvalue weighted by Crippen LogP contribution is -2.30. The molecule has 0 saturated carbocycles.